The summed E-state index contributed by atoms with van der Waals surface area (Å²) in [7, 11) is 0. The molecular formula is C16H21N5OS. The zero-order valence-electron chi connectivity index (χ0n) is 14.0. The topological polar surface area (TPSA) is 75.1 Å². The second kappa shape index (κ2) is 5.49. The first kappa shape index (κ1) is 15.7. The van der Waals surface area contributed by atoms with Crippen molar-refractivity contribution in [1.82, 2.24) is 19.6 Å². The molecule has 3 heterocycles. The lowest BCUT2D eigenvalue weighted by atomic mass is 9.93. The standard InChI is InChI=1S/C16H21N5OS/c1-9-6-10(2)18-13(22)11(9)7-17-14-20-21-8-12(16(3,4)5)19-15(21)23-14/h6,8H,7H2,1-5H3,(H,17,20)(H,18,22). The summed E-state index contributed by atoms with van der Waals surface area (Å²) in [5, 5.41) is 8.47. The van der Waals surface area contributed by atoms with Gasteiger partial charge in [0.1, 0.15) is 0 Å². The molecule has 0 radical (unpaired) electrons. The molecule has 0 unspecified atom stereocenters. The van der Waals surface area contributed by atoms with Crippen LogP contribution in [0.3, 0.4) is 0 Å². The van der Waals surface area contributed by atoms with Crippen LogP contribution < -0.4 is 10.9 Å². The van der Waals surface area contributed by atoms with E-state index in [4.69, 9.17) is 0 Å². The maximum absolute atomic E-state index is 12.0. The molecule has 0 aliphatic carbocycles. The fraction of sp³-hybridized carbons (Fsp3) is 0.438. The monoisotopic (exact) mass is 331 g/mol. The van der Waals surface area contributed by atoms with Crippen molar-refractivity contribution in [1.29, 1.82) is 0 Å². The molecule has 0 saturated heterocycles. The molecule has 0 atom stereocenters. The number of rotatable bonds is 3. The molecule has 6 nitrogen and oxygen atoms in total. The molecule has 0 saturated carbocycles. The van der Waals surface area contributed by atoms with Gasteiger partial charge < -0.3 is 10.3 Å². The van der Waals surface area contributed by atoms with Crippen LogP contribution in [0.25, 0.3) is 4.96 Å². The van der Waals surface area contributed by atoms with Crippen LogP contribution in [0.5, 0.6) is 0 Å². The van der Waals surface area contributed by atoms with Crippen molar-refractivity contribution in [3.63, 3.8) is 0 Å². The molecule has 122 valence electrons. The van der Waals surface area contributed by atoms with E-state index in [0.29, 0.717) is 6.54 Å². The summed E-state index contributed by atoms with van der Waals surface area (Å²) < 4.78 is 1.79. The maximum atomic E-state index is 12.0. The highest BCUT2D eigenvalue weighted by molar-refractivity contribution is 7.20. The molecule has 3 aromatic heterocycles. The third-order valence-electron chi connectivity index (χ3n) is 3.72. The molecular weight excluding hydrogens is 310 g/mol. The van der Waals surface area contributed by atoms with Gasteiger partial charge in [-0.25, -0.2) is 9.50 Å². The summed E-state index contributed by atoms with van der Waals surface area (Å²) in [6.45, 7) is 10.7. The number of aromatic amines is 1. The number of H-pyrrole nitrogens is 1. The zero-order chi connectivity index (χ0) is 16.8. The minimum Gasteiger partial charge on any atom is -0.356 e. The van der Waals surface area contributed by atoms with Crippen molar-refractivity contribution in [2.75, 3.05) is 5.32 Å². The van der Waals surface area contributed by atoms with E-state index in [1.807, 2.05) is 26.1 Å². The summed E-state index contributed by atoms with van der Waals surface area (Å²) in [5.41, 5.74) is 3.57. The van der Waals surface area contributed by atoms with E-state index >= 15 is 0 Å². The van der Waals surface area contributed by atoms with Crippen molar-refractivity contribution < 1.29 is 0 Å². The van der Waals surface area contributed by atoms with E-state index in [1.54, 1.807) is 4.52 Å². The van der Waals surface area contributed by atoms with Crippen LogP contribution in [0.15, 0.2) is 17.1 Å². The Kier molecular flexibility index (Phi) is 3.75. The van der Waals surface area contributed by atoms with E-state index in [9.17, 15) is 4.79 Å². The molecule has 3 aromatic rings. The van der Waals surface area contributed by atoms with Crippen molar-refractivity contribution in [2.24, 2.45) is 0 Å². The lowest BCUT2D eigenvalue weighted by molar-refractivity contribution is 0.572. The second-order valence-corrected chi connectivity index (χ2v) is 7.76. The highest BCUT2D eigenvalue weighted by Crippen LogP contribution is 2.25. The van der Waals surface area contributed by atoms with Gasteiger partial charge in [0.15, 0.2) is 0 Å². The van der Waals surface area contributed by atoms with Crippen molar-refractivity contribution >= 4 is 21.4 Å². The van der Waals surface area contributed by atoms with E-state index < -0.39 is 0 Å². The first-order chi connectivity index (χ1) is 10.7. The highest BCUT2D eigenvalue weighted by Gasteiger charge is 2.19. The molecule has 0 amide bonds. The molecule has 0 fully saturated rings. The van der Waals surface area contributed by atoms with Crippen LogP contribution in [-0.2, 0) is 12.0 Å². The number of aryl methyl sites for hydroxylation is 2. The van der Waals surface area contributed by atoms with Gasteiger partial charge in [-0.15, -0.1) is 5.10 Å². The Morgan fingerprint density at radius 2 is 2.09 bits per heavy atom. The van der Waals surface area contributed by atoms with Gasteiger partial charge in [0.05, 0.1) is 11.9 Å². The fourth-order valence-electron chi connectivity index (χ4n) is 2.40. The smallest absolute Gasteiger partial charge is 0.253 e. The van der Waals surface area contributed by atoms with Crippen LogP contribution in [-0.4, -0.2) is 19.6 Å². The average Bonchev–Trinajstić information content (AvgIpc) is 2.94. The van der Waals surface area contributed by atoms with Gasteiger partial charge >= 0.3 is 0 Å². The predicted molar refractivity (Wildman–Crippen MR) is 93.4 cm³/mol. The molecule has 7 heteroatoms. The van der Waals surface area contributed by atoms with Crippen LogP contribution in [0.1, 0.15) is 43.3 Å². The van der Waals surface area contributed by atoms with Gasteiger partial charge in [-0.3, -0.25) is 4.79 Å². The number of nitrogens with one attached hydrogen (secondary N) is 2. The first-order valence-corrected chi connectivity index (χ1v) is 8.35. The summed E-state index contributed by atoms with van der Waals surface area (Å²) in [6.07, 6.45) is 1.96. The van der Waals surface area contributed by atoms with Gasteiger partial charge in [0.25, 0.3) is 5.56 Å². The Balaban J connectivity index is 1.80. The highest BCUT2D eigenvalue weighted by atomic mass is 32.1. The average molecular weight is 331 g/mol. The van der Waals surface area contributed by atoms with Crippen LogP contribution >= 0.6 is 11.3 Å². The number of anilines is 1. The summed E-state index contributed by atoms with van der Waals surface area (Å²) in [4.78, 5) is 20.3. The van der Waals surface area contributed by atoms with Crippen molar-refractivity contribution in [2.45, 2.75) is 46.6 Å². The quantitative estimate of drug-likeness (QED) is 0.773. The number of nitrogens with zero attached hydrogens (tertiary/aromatic N) is 3. The lowest BCUT2D eigenvalue weighted by Crippen LogP contribution is -2.18. The number of fused-ring (bicyclic) bond motifs is 1. The van der Waals surface area contributed by atoms with Gasteiger partial charge in [-0.1, -0.05) is 32.1 Å². The first-order valence-electron chi connectivity index (χ1n) is 7.54. The molecule has 0 aliphatic rings. The van der Waals surface area contributed by atoms with Crippen LogP contribution in [0.2, 0.25) is 0 Å². The van der Waals surface area contributed by atoms with E-state index in [2.05, 4.69) is 41.2 Å². The van der Waals surface area contributed by atoms with Gasteiger partial charge in [-0.05, 0) is 25.5 Å². The SMILES string of the molecule is Cc1cc(C)c(CNc2nn3cc(C(C)(C)C)nc3s2)c(=O)[nH]1. The normalized spacial score (nSPS) is 12.0. The molecule has 0 aromatic carbocycles. The van der Waals surface area contributed by atoms with E-state index in [0.717, 1.165) is 32.6 Å². The Hall–Kier alpha value is -2.15. The third-order valence-corrected chi connectivity index (χ3v) is 4.60. The van der Waals surface area contributed by atoms with Crippen molar-refractivity contribution in [3.8, 4) is 0 Å². The molecule has 0 aliphatic heterocycles. The second-order valence-electron chi connectivity index (χ2n) is 6.81. The van der Waals surface area contributed by atoms with Gasteiger partial charge in [0.2, 0.25) is 10.1 Å². The van der Waals surface area contributed by atoms with Crippen LogP contribution in [0, 0.1) is 13.8 Å². The number of aromatic nitrogens is 4. The Labute approximate surface area is 138 Å². The molecule has 23 heavy (non-hydrogen) atoms. The summed E-state index contributed by atoms with van der Waals surface area (Å²) in [5.74, 6) is 0. The van der Waals surface area contributed by atoms with Gasteiger partial charge in [0, 0.05) is 23.2 Å². The molecule has 3 rings (SSSR count). The third kappa shape index (κ3) is 3.14. The molecule has 2 N–H and O–H groups in total. The lowest BCUT2D eigenvalue weighted by Gasteiger charge is -2.13. The largest absolute Gasteiger partial charge is 0.356 e. The Morgan fingerprint density at radius 1 is 1.35 bits per heavy atom. The van der Waals surface area contributed by atoms with Crippen LogP contribution in [0.4, 0.5) is 5.13 Å². The zero-order valence-corrected chi connectivity index (χ0v) is 14.8. The van der Waals surface area contributed by atoms with E-state index in [1.165, 1.54) is 11.3 Å². The van der Waals surface area contributed by atoms with Crippen molar-refractivity contribution in [3.05, 3.63) is 45.1 Å². The Bertz CT molecular complexity index is 881. The maximum Gasteiger partial charge on any atom is 0.253 e. The minimum absolute atomic E-state index is 0.00726. The number of hydrogen-bond acceptors (Lipinski definition) is 5. The molecule has 0 spiro atoms. The van der Waals surface area contributed by atoms with E-state index in [-0.39, 0.29) is 11.0 Å². The molecule has 0 bridgehead atoms. The van der Waals surface area contributed by atoms with Gasteiger partial charge in [-0.2, -0.15) is 0 Å². The fourth-order valence-corrected chi connectivity index (χ4v) is 3.18. The number of hydrogen-bond donors (Lipinski definition) is 2. The number of imidazole rings is 1. The Morgan fingerprint density at radius 3 is 2.70 bits per heavy atom. The predicted octanol–water partition coefficient (Wildman–Crippen LogP) is 3.01. The number of pyridine rings is 1. The summed E-state index contributed by atoms with van der Waals surface area (Å²) >= 11 is 1.49. The summed E-state index contributed by atoms with van der Waals surface area (Å²) in [6, 6.07) is 1.97. The minimum atomic E-state index is -0.0497.